The minimum absolute atomic E-state index is 0.321. The lowest BCUT2D eigenvalue weighted by atomic mass is 10.3. The molecule has 10 heavy (non-hydrogen) atoms. The summed E-state index contributed by atoms with van der Waals surface area (Å²) < 4.78 is 0. The summed E-state index contributed by atoms with van der Waals surface area (Å²) in [5.41, 5.74) is 0.321. The molecule has 0 aromatic carbocycles. The summed E-state index contributed by atoms with van der Waals surface area (Å²) in [5, 5.41) is 3.52. The van der Waals surface area contributed by atoms with Gasteiger partial charge in [-0.25, -0.2) is 5.01 Å². The molecule has 0 atom stereocenters. The van der Waals surface area contributed by atoms with Crippen LogP contribution in [0.25, 0.3) is 0 Å². The predicted octanol–water partition coefficient (Wildman–Crippen LogP) is 0.868. The quantitative estimate of drug-likeness (QED) is 0.191. The van der Waals surface area contributed by atoms with Gasteiger partial charge in [-0.3, -0.25) is 4.79 Å². The summed E-state index contributed by atoms with van der Waals surface area (Å²) in [5.74, 6) is 0. The Balaban J connectivity index is 4.22. The van der Waals surface area contributed by atoms with Crippen molar-refractivity contribution in [3.05, 3.63) is 29.3 Å². The van der Waals surface area contributed by atoms with Gasteiger partial charge in [0.1, 0.15) is 0 Å². The van der Waals surface area contributed by atoms with Gasteiger partial charge in [-0.15, -0.1) is 4.91 Å². The van der Waals surface area contributed by atoms with Crippen LogP contribution in [0.4, 0.5) is 0 Å². The molecule has 0 bridgehead atoms. The van der Waals surface area contributed by atoms with E-state index >= 15 is 0 Å². The number of allylic oxidation sites excluding steroid dienone is 2. The Kier molecular flexibility index (Phi) is 3.79. The SMILES string of the molecule is C=C/C(C=O)=C\N(C)N=O. The molecule has 0 aromatic heterocycles. The molecular formula is C6H8N2O2. The Hall–Kier alpha value is -1.45. The smallest absolute Gasteiger partial charge is 0.151 e. The fraction of sp³-hybridized carbons (Fsp3) is 0.167. The van der Waals surface area contributed by atoms with Crippen molar-refractivity contribution in [2.45, 2.75) is 0 Å². The van der Waals surface area contributed by atoms with E-state index in [1.54, 1.807) is 0 Å². The lowest BCUT2D eigenvalue weighted by molar-refractivity contribution is -0.104. The van der Waals surface area contributed by atoms with E-state index in [0.717, 1.165) is 5.01 Å². The van der Waals surface area contributed by atoms with Crippen LogP contribution in [0, 0.1) is 4.91 Å². The molecule has 0 fully saturated rings. The normalized spacial score (nSPS) is 10.3. The van der Waals surface area contributed by atoms with E-state index in [2.05, 4.69) is 11.9 Å². The summed E-state index contributed by atoms with van der Waals surface area (Å²) in [4.78, 5) is 19.8. The van der Waals surface area contributed by atoms with E-state index in [9.17, 15) is 9.70 Å². The van der Waals surface area contributed by atoms with Crippen molar-refractivity contribution in [1.29, 1.82) is 0 Å². The minimum Gasteiger partial charge on any atom is -0.298 e. The number of carbonyl (C=O) groups is 1. The maximum atomic E-state index is 10.1. The number of hydrogen-bond acceptors (Lipinski definition) is 3. The van der Waals surface area contributed by atoms with Gasteiger partial charge in [-0.2, -0.15) is 0 Å². The molecule has 0 aliphatic heterocycles. The van der Waals surface area contributed by atoms with Crippen molar-refractivity contribution in [2.75, 3.05) is 7.05 Å². The zero-order valence-electron chi connectivity index (χ0n) is 5.65. The van der Waals surface area contributed by atoms with Crippen molar-refractivity contribution in [2.24, 2.45) is 5.29 Å². The Morgan fingerprint density at radius 3 is 2.60 bits per heavy atom. The Bertz CT molecular complexity index is 165. The van der Waals surface area contributed by atoms with E-state index in [0.29, 0.717) is 11.9 Å². The topological polar surface area (TPSA) is 49.7 Å². The van der Waals surface area contributed by atoms with Crippen LogP contribution in [0.2, 0.25) is 0 Å². The third-order valence-corrected chi connectivity index (χ3v) is 0.836. The van der Waals surface area contributed by atoms with Gasteiger partial charge < -0.3 is 0 Å². The number of nitrogens with zero attached hydrogens (tertiary/aromatic N) is 2. The number of hydrogen-bond donors (Lipinski definition) is 0. The zero-order chi connectivity index (χ0) is 7.98. The molecule has 0 rings (SSSR count). The first-order chi connectivity index (χ1) is 4.74. The Labute approximate surface area is 58.8 Å². The molecule has 0 saturated heterocycles. The van der Waals surface area contributed by atoms with Crippen molar-refractivity contribution < 1.29 is 4.79 Å². The largest absolute Gasteiger partial charge is 0.298 e. The standard InChI is InChI=1S/C6H8N2O2/c1-3-6(5-9)4-8(2)7-10/h3-5H,1H2,2H3/b6-4+. The molecule has 0 saturated carbocycles. The van der Waals surface area contributed by atoms with Crippen molar-refractivity contribution in [3.8, 4) is 0 Å². The van der Waals surface area contributed by atoms with Crippen LogP contribution in [-0.2, 0) is 4.79 Å². The van der Waals surface area contributed by atoms with Crippen LogP contribution < -0.4 is 0 Å². The molecule has 4 heteroatoms. The van der Waals surface area contributed by atoms with E-state index in [1.165, 1.54) is 19.3 Å². The van der Waals surface area contributed by atoms with Gasteiger partial charge in [0.2, 0.25) is 0 Å². The first-order valence-corrected chi connectivity index (χ1v) is 2.60. The summed E-state index contributed by atoms with van der Waals surface area (Å²) >= 11 is 0. The average Bonchev–Trinajstić information content (AvgIpc) is 1.99. The molecular weight excluding hydrogens is 132 g/mol. The van der Waals surface area contributed by atoms with E-state index in [4.69, 9.17) is 0 Å². The van der Waals surface area contributed by atoms with Gasteiger partial charge in [0.15, 0.2) is 6.29 Å². The van der Waals surface area contributed by atoms with E-state index in [1.807, 2.05) is 0 Å². The summed E-state index contributed by atoms with van der Waals surface area (Å²) in [6.07, 6.45) is 3.22. The van der Waals surface area contributed by atoms with Gasteiger partial charge in [0.25, 0.3) is 0 Å². The Morgan fingerprint density at radius 1 is 1.70 bits per heavy atom. The molecule has 0 aliphatic carbocycles. The molecule has 0 spiro atoms. The maximum absolute atomic E-state index is 10.1. The molecule has 0 amide bonds. The molecule has 0 N–H and O–H groups in total. The van der Waals surface area contributed by atoms with Gasteiger partial charge in [-0.05, 0) is 0 Å². The van der Waals surface area contributed by atoms with Gasteiger partial charge in [0, 0.05) is 18.8 Å². The molecule has 0 heterocycles. The lowest BCUT2D eigenvalue weighted by Crippen LogP contribution is -2.00. The first kappa shape index (κ1) is 8.55. The second kappa shape index (κ2) is 4.43. The zero-order valence-corrected chi connectivity index (χ0v) is 5.65. The van der Waals surface area contributed by atoms with E-state index in [-0.39, 0.29) is 0 Å². The fourth-order valence-corrected chi connectivity index (χ4v) is 0.371. The van der Waals surface area contributed by atoms with Crippen LogP contribution in [-0.4, -0.2) is 18.3 Å². The number of rotatable bonds is 4. The molecule has 54 valence electrons. The summed E-state index contributed by atoms with van der Waals surface area (Å²) in [6.45, 7) is 3.35. The van der Waals surface area contributed by atoms with Crippen molar-refractivity contribution in [3.63, 3.8) is 0 Å². The summed E-state index contributed by atoms with van der Waals surface area (Å²) in [6, 6.07) is 0. The maximum Gasteiger partial charge on any atom is 0.151 e. The van der Waals surface area contributed by atoms with Crippen molar-refractivity contribution >= 4 is 6.29 Å². The molecule has 0 unspecified atom stereocenters. The van der Waals surface area contributed by atoms with Crippen LogP contribution in [0.5, 0.6) is 0 Å². The number of carbonyl (C=O) groups excluding carboxylic acids is 1. The highest BCUT2D eigenvalue weighted by Crippen LogP contribution is 1.93. The fourth-order valence-electron chi connectivity index (χ4n) is 0.371. The summed E-state index contributed by atoms with van der Waals surface area (Å²) in [7, 11) is 1.43. The number of aldehydes is 1. The van der Waals surface area contributed by atoms with Crippen LogP contribution >= 0.6 is 0 Å². The molecule has 0 aliphatic rings. The lowest BCUT2D eigenvalue weighted by Gasteiger charge is -1.99. The first-order valence-electron chi connectivity index (χ1n) is 2.60. The van der Waals surface area contributed by atoms with Gasteiger partial charge in [0.05, 0.1) is 5.29 Å². The predicted molar refractivity (Wildman–Crippen MR) is 37.9 cm³/mol. The third kappa shape index (κ3) is 2.76. The van der Waals surface area contributed by atoms with Gasteiger partial charge >= 0.3 is 0 Å². The average molecular weight is 140 g/mol. The highest BCUT2D eigenvalue weighted by atomic mass is 16.3. The van der Waals surface area contributed by atoms with Crippen LogP contribution in [0.3, 0.4) is 0 Å². The van der Waals surface area contributed by atoms with Crippen molar-refractivity contribution in [1.82, 2.24) is 5.01 Å². The third-order valence-electron chi connectivity index (χ3n) is 0.836. The second-order valence-corrected chi connectivity index (χ2v) is 1.61. The van der Waals surface area contributed by atoms with Gasteiger partial charge in [-0.1, -0.05) is 12.7 Å². The Morgan fingerprint density at radius 2 is 2.30 bits per heavy atom. The van der Waals surface area contributed by atoms with E-state index < -0.39 is 0 Å². The number of nitroso groups, excluding NO2 is 1. The van der Waals surface area contributed by atoms with Crippen LogP contribution in [0.15, 0.2) is 29.7 Å². The molecule has 4 nitrogen and oxygen atoms in total. The molecule has 0 aromatic rings. The highest BCUT2D eigenvalue weighted by Gasteiger charge is 1.90. The highest BCUT2D eigenvalue weighted by molar-refractivity contribution is 5.76. The minimum atomic E-state index is 0.321. The second-order valence-electron chi connectivity index (χ2n) is 1.61. The van der Waals surface area contributed by atoms with Crippen LogP contribution in [0.1, 0.15) is 0 Å². The monoisotopic (exact) mass is 140 g/mol. The molecule has 0 radical (unpaired) electrons.